The number of anilines is 1. The van der Waals surface area contributed by atoms with Gasteiger partial charge in [-0.25, -0.2) is 9.97 Å². The van der Waals surface area contributed by atoms with Gasteiger partial charge in [0.1, 0.15) is 10.3 Å². The molecule has 2 fully saturated rings. The van der Waals surface area contributed by atoms with Crippen molar-refractivity contribution in [3.05, 3.63) is 54.2 Å². The molecule has 4 heterocycles. The topological polar surface area (TPSA) is 61.4 Å². The molecule has 3 aromatic rings. The van der Waals surface area contributed by atoms with Gasteiger partial charge in [0.15, 0.2) is 5.13 Å². The Balaban J connectivity index is 1.04. The van der Waals surface area contributed by atoms with Crippen molar-refractivity contribution in [2.24, 2.45) is 11.8 Å². The molecule has 33 heavy (non-hydrogen) atoms. The fourth-order valence-electron chi connectivity index (χ4n) is 5.10. The molecule has 1 N–H and O–H groups in total. The van der Waals surface area contributed by atoms with Gasteiger partial charge in [-0.1, -0.05) is 41.7 Å². The Labute approximate surface area is 200 Å². The van der Waals surface area contributed by atoms with Crippen LogP contribution in [0, 0.1) is 11.8 Å². The van der Waals surface area contributed by atoms with Crippen LogP contribution in [-0.2, 0) is 11.2 Å². The quantitative estimate of drug-likeness (QED) is 0.574. The third-order valence-corrected chi connectivity index (χ3v) is 8.06. The highest BCUT2D eigenvalue weighted by atomic mass is 32.1. The van der Waals surface area contributed by atoms with Crippen molar-refractivity contribution in [1.29, 1.82) is 0 Å². The third kappa shape index (κ3) is 5.71. The predicted octanol–water partition coefficient (Wildman–Crippen LogP) is 3.98. The van der Waals surface area contributed by atoms with Crippen LogP contribution in [0.15, 0.2) is 48.7 Å². The van der Waals surface area contributed by atoms with Gasteiger partial charge in [-0.3, -0.25) is 4.79 Å². The molecule has 0 bridgehead atoms. The second kappa shape index (κ2) is 10.6. The van der Waals surface area contributed by atoms with Crippen molar-refractivity contribution in [1.82, 2.24) is 20.2 Å². The van der Waals surface area contributed by atoms with Crippen LogP contribution in [-0.4, -0.2) is 60.0 Å². The lowest BCUT2D eigenvalue weighted by Gasteiger charge is -2.33. The first-order valence-electron chi connectivity index (χ1n) is 12.2. The number of thiazole rings is 1. The van der Waals surface area contributed by atoms with Crippen molar-refractivity contribution in [2.45, 2.75) is 32.1 Å². The Morgan fingerprint density at radius 2 is 1.91 bits per heavy atom. The zero-order chi connectivity index (χ0) is 22.5. The van der Waals surface area contributed by atoms with E-state index >= 15 is 0 Å². The molecule has 7 heteroatoms. The van der Waals surface area contributed by atoms with Crippen molar-refractivity contribution in [2.75, 3.05) is 44.2 Å². The summed E-state index contributed by atoms with van der Waals surface area (Å²) in [7, 11) is 0. The molecule has 1 aromatic carbocycles. The van der Waals surface area contributed by atoms with Crippen LogP contribution in [0.2, 0.25) is 0 Å². The summed E-state index contributed by atoms with van der Waals surface area (Å²) in [5, 5.41) is 4.20. The molecule has 1 atom stereocenters. The first kappa shape index (κ1) is 22.3. The van der Waals surface area contributed by atoms with Gasteiger partial charge in [-0.05, 0) is 68.8 Å². The number of piperidine rings is 2. The first-order valence-corrected chi connectivity index (χ1v) is 13.1. The average Bonchev–Trinajstić information content (AvgIpc) is 3.30. The molecule has 2 aromatic heterocycles. The third-order valence-electron chi connectivity index (χ3n) is 7.02. The smallest absolute Gasteiger partial charge is 0.224 e. The number of fused-ring (bicyclic) bond motifs is 1. The maximum absolute atomic E-state index is 12.9. The lowest BCUT2D eigenvalue weighted by molar-refractivity contribution is -0.125. The molecule has 174 valence electrons. The second-order valence-electron chi connectivity index (χ2n) is 9.38. The van der Waals surface area contributed by atoms with Crippen LogP contribution in [0.25, 0.3) is 10.3 Å². The van der Waals surface area contributed by atoms with E-state index in [2.05, 4.69) is 50.4 Å². The number of aromatic nitrogens is 2. The molecule has 5 rings (SSSR count). The number of rotatable bonds is 7. The molecule has 2 aliphatic heterocycles. The van der Waals surface area contributed by atoms with Crippen molar-refractivity contribution < 1.29 is 4.79 Å². The predicted molar refractivity (Wildman–Crippen MR) is 135 cm³/mol. The number of nitrogens with one attached hydrogen (secondary N) is 1. The first-order chi connectivity index (χ1) is 16.2. The van der Waals surface area contributed by atoms with Gasteiger partial charge in [0.2, 0.25) is 5.91 Å². The number of carbonyl (C=O) groups is 1. The van der Waals surface area contributed by atoms with Gasteiger partial charge in [0, 0.05) is 32.4 Å². The van der Waals surface area contributed by atoms with Crippen LogP contribution in [0.1, 0.15) is 31.2 Å². The van der Waals surface area contributed by atoms with Gasteiger partial charge in [0.05, 0.1) is 5.92 Å². The van der Waals surface area contributed by atoms with E-state index in [4.69, 9.17) is 4.98 Å². The lowest BCUT2D eigenvalue weighted by atomic mass is 9.90. The van der Waals surface area contributed by atoms with Gasteiger partial charge >= 0.3 is 0 Å². The molecule has 0 spiro atoms. The summed E-state index contributed by atoms with van der Waals surface area (Å²) in [4.78, 5) is 27.7. The SMILES string of the molecule is O=C(NCCN1CCC(Cc2ccccc2)CC1)[C@H]1CCCN(c2nc3cccnc3s2)C1. The minimum absolute atomic E-state index is 0.0373. The summed E-state index contributed by atoms with van der Waals surface area (Å²) in [5.41, 5.74) is 2.39. The van der Waals surface area contributed by atoms with Crippen LogP contribution in [0.3, 0.4) is 0 Å². The summed E-state index contributed by atoms with van der Waals surface area (Å²) in [6.45, 7) is 5.66. The minimum atomic E-state index is 0.0373. The number of carbonyl (C=O) groups excluding carboxylic acids is 1. The van der Waals surface area contributed by atoms with Gasteiger partial charge in [-0.15, -0.1) is 0 Å². The van der Waals surface area contributed by atoms with Crippen molar-refractivity contribution in [3.63, 3.8) is 0 Å². The molecule has 0 aliphatic carbocycles. The van der Waals surface area contributed by atoms with Crippen LogP contribution in [0.5, 0.6) is 0 Å². The minimum Gasteiger partial charge on any atom is -0.355 e. The molecule has 0 saturated carbocycles. The lowest BCUT2D eigenvalue weighted by Crippen LogP contribution is -2.45. The normalized spacial score (nSPS) is 20.2. The number of benzene rings is 1. The Bertz CT molecular complexity index is 1010. The maximum atomic E-state index is 12.9. The van der Waals surface area contributed by atoms with E-state index in [0.29, 0.717) is 0 Å². The van der Waals surface area contributed by atoms with Crippen LogP contribution >= 0.6 is 11.3 Å². The number of pyridine rings is 1. The number of nitrogens with zero attached hydrogens (tertiary/aromatic N) is 4. The summed E-state index contributed by atoms with van der Waals surface area (Å²) >= 11 is 1.62. The van der Waals surface area contributed by atoms with Gasteiger partial charge in [-0.2, -0.15) is 0 Å². The van der Waals surface area contributed by atoms with Crippen LogP contribution in [0.4, 0.5) is 5.13 Å². The summed E-state index contributed by atoms with van der Waals surface area (Å²) in [6.07, 6.45) is 7.47. The van der Waals surface area contributed by atoms with Gasteiger partial charge in [0.25, 0.3) is 0 Å². The molecular weight excluding hydrogens is 430 g/mol. The molecule has 2 saturated heterocycles. The Morgan fingerprint density at radius 3 is 2.73 bits per heavy atom. The van der Waals surface area contributed by atoms with Crippen LogP contribution < -0.4 is 10.2 Å². The molecule has 0 radical (unpaired) electrons. The summed E-state index contributed by atoms with van der Waals surface area (Å²) in [5.74, 6) is 1.01. The van der Waals surface area contributed by atoms with Crippen molar-refractivity contribution in [3.8, 4) is 0 Å². The fourth-order valence-corrected chi connectivity index (χ4v) is 6.05. The number of hydrogen-bond donors (Lipinski definition) is 1. The number of likely N-dealkylation sites (tertiary alicyclic amines) is 1. The van der Waals surface area contributed by atoms with E-state index in [-0.39, 0.29) is 11.8 Å². The summed E-state index contributed by atoms with van der Waals surface area (Å²) < 4.78 is 0. The van der Waals surface area contributed by atoms with E-state index in [9.17, 15) is 4.79 Å². The zero-order valence-electron chi connectivity index (χ0n) is 19.2. The highest BCUT2D eigenvalue weighted by Crippen LogP contribution is 2.30. The van der Waals surface area contributed by atoms with E-state index in [1.165, 1.54) is 24.8 Å². The summed E-state index contributed by atoms with van der Waals surface area (Å²) in [6, 6.07) is 14.8. The molecular formula is C26H33N5OS. The standard InChI is InChI=1S/C26H33N5OS/c32-24(22-8-5-14-31(19-22)26-29-23-9-4-12-28-25(23)33-26)27-13-17-30-15-10-21(11-16-30)18-20-6-2-1-3-7-20/h1-4,6-7,9,12,21-22H,5,8,10-11,13-19H2,(H,27,32)/t22-/m0/s1. The highest BCUT2D eigenvalue weighted by molar-refractivity contribution is 7.21. The second-order valence-corrected chi connectivity index (χ2v) is 10.3. The van der Waals surface area contributed by atoms with E-state index < -0.39 is 0 Å². The highest BCUT2D eigenvalue weighted by Gasteiger charge is 2.27. The van der Waals surface area contributed by atoms with Crippen molar-refractivity contribution >= 4 is 32.7 Å². The number of amides is 1. The zero-order valence-corrected chi connectivity index (χ0v) is 20.0. The molecule has 0 unspecified atom stereocenters. The van der Waals surface area contributed by atoms with E-state index in [0.717, 1.165) is 73.5 Å². The fraction of sp³-hybridized carbons (Fsp3) is 0.500. The largest absolute Gasteiger partial charge is 0.355 e. The molecule has 1 amide bonds. The van der Waals surface area contributed by atoms with E-state index in [1.807, 2.05) is 18.3 Å². The molecule has 2 aliphatic rings. The number of hydrogen-bond acceptors (Lipinski definition) is 6. The van der Waals surface area contributed by atoms with Gasteiger partial charge < -0.3 is 15.1 Å². The molecule has 6 nitrogen and oxygen atoms in total. The van der Waals surface area contributed by atoms with E-state index in [1.54, 1.807) is 11.3 Å². The Morgan fingerprint density at radius 1 is 1.06 bits per heavy atom. The maximum Gasteiger partial charge on any atom is 0.224 e. The Kier molecular flexibility index (Phi) is 7.17. The Hall–Kier alpha value is -2.51. The average molecular weight is 464 g/mol. The monoisotopic (exact) mass is 463 g/mol.